The molecule has 0 unspecified atom stereocenters. The minimum absolute atomic E-state index is 0.00625. The molecule has 1 rings (SSSR count). The number of pyridine rings is 1. The monoisotopic (exact) mass is 165 g/mol. The van der Waals surface area contributed by atoms with Crippen LogP contribution in [0.15, 0.2) is 12.4 Å². The molecule has 12 heavy (non-hydrogen) atoms. The minimum atomic E-state index is 0.00625. The number of carbonyl (C=O) groups is 1. The van der Waals surface area contributed by atoms with Crippen molar-refractivity contribution in [2.24, 2.45) is 0 Å². The van der Waals surface area contributed by atoms with Gasteiger partial charge in [0.2, 0.25) is 0 Å². The summed E-state index contributed by atoms with van der Waals surface area (Å²) in [5.74, 6) is 0.550. The molecular formula is C9H11NO2. The van der Waals surface area contributed by atoms with Crippen LogP contribution in [0.25, 0.3) is 0 Å². The van der Waals surface area contributed by atoms with Gasteiger partial charge in [0.1, 0.15) is 5.75 Å². The van der Waals surface area contributed by atoms with Gasteiger partial charge in [-0.15, -0.1) is 0 Å². The van der Waals surface area contributed by atoms with Crippen LogP contribution in [0.5, 0.6) is 5.75 Å². The highest BCUT2D eigenvalue weighted by atomic mass is 16.5. The quantitative estimate of drug-likeness (QED) is 0.625. The third kappa shape index (κ3) is 1.44. The van der Waals surface area contributed by atoms with E-state index in [0.717, 1.165) is 5.56 Å². The standard InChI is InChI=1S/C9H11NO2/c1-6-4-10-5-8(12-3)9(6)7(2)11/h4-5H,1-3H3. The van der Waals surface area contributed by atoms with Crippen LogP contribution in [0, 0.1) is 6.92 Å². The van der Waals surface area contributed by atoms with Gasteiger partial charge in [0.25, 0.3) is 0 Å². The van der Waals surface area contributed by atoms with E-state index in [9.17, 15) is 4.79 Å². The van der Waals surface area contributed by atoms with Crippen LogP contribution in [-0.2, 0) is 0 Å². The van der Waals surface area contributed by atoms with Crippen molar-refractivity contribution in [2.75, 3.05) is 7.11 Å². The number of carbonyl (C=O) groups excluding carboxylic acids is 1. The third-order valence-electron chi connectivity index (χ3n) is 1.67. The molecule has 1 heterocycles. The average Bonchev–Trinajstić information content (AvgIpc) is 2.03. The molecule has 0 saturated carbocycles. The van der Waals surface area contributed by atoms with Crippen molar-refractivity contribution >= 4 is 5.78 Å². The maximum atomic E-state index is 11.1. The molecule has 0 aliphatic heterocycles. The Balaban J connectivity index is 3.29. The molecule has 3 nitrogen and oxygen atoms in total. The summed E-state index contributed by atoms with van der Waals surface area (Å²) in [7, 11) is 1.53. The SMILES string of the molecule is COc1cncc(C)c1C(C)=O. The molecule has 0 fully saturated rings. The van der Waals surface area contributed by atoms with Crippen LogP contribution in [0.4, 0.5) is 0 Å². The van der Waals surface area contributed by atoms with E-state index < -0.39 is 0 Å². The number of nitrogens with zero attached hydrogens (tertiary/aromatic N) is 1. The molecule has 0 N–H and O–H groups in total. The van der Waals surface area contributed by atoms with Gasteiger partial charge < -0.3 is 4.74 Å². The Morgan fingerprint density at radius 1 is 1.50 bits per heavy atom. The molecule has 1 aromatic heterocycles. The Kier molecular flexibility index (Phi) is 2.43. The maximum Gasteiger partial charge on any atom is 0.163 e. The molecule has 0 aliphatic rings. The van der Waals surface area contributed by atoms with E-state index in [1.165, 1.54) is 14.0 Å². The van der Waals surface area contributed by atoms with Gasteiger partial charge in [0, 0.05) is 6.20 Å². The Morgan fingerprint density at radius 2 is 2.17 bits per heavy atom. The number of ketones is 1. The molecule has 64 valence electrons. The average molecular weight is 165 g/mol. The fourth-order valence-corrected chi connectivity index (χ4v) is 1.15. The first-order valence-electron chi connectivity index (χ1n) is 3.66. The van der Waals surface area contributed by atoms with Crippen molar-refractivity contribution in [1.29, 1.82) is 0 Å². The first kappa shape index (κ1) is 8.71. The van der Waals surface area contributed by atoms with E-state index in [2.05, 4.69) is 4.98 Å². The lowest BCUT2D eigenvalue weighted by atomic mass is 10.1. The van der Waals surface area contributed by atoms with Crippen molar-refractivity contribution in [3.05, 3.63) is 23.5 Å². The van der Waals surface area contributed by atoms with Crippen LogP contribution in [0.1, 0.15) is 22.8 Å². The number of methoxy groups -OCH3 is 1. The highest BCUT2D eigenvalue weighted by Crippen LogP contribution is 2.19. The van der Waals surface area contributed by atoms with Crippen LogP contribution < -0.4 is 4.74 Å². The minimum Gasteiger partial charge on any atom is -0.494 e. The number of aromatic nitrogens is 1. The van der Waals surface area contributed by atoms with Gasteiger partial charge >= 0.3 is 0 Å². The summed E-state index contributed by atoms with van der Waals surface area (Å²) in [5.41, 5.74) is 1.47. The van der Waals surface area contributed by atoms with Crippen molar-refractivity contribution in [1.82, 2.24) is 4.98 Å². The molecule has 0 aliphatic carbocycles. The first-order chi connectivity index (χ1) is 5.66. The first-order valence-corrected chi connectivity index (χ1v) is 3.66. The molecule has 0 aromatic carbocycles. The zero-order valence-corrected chi connectivity index (χ0v) is 7.42. The number of hydrogen-bond donors (Lipinski definition) is 0. The summed E-state index contributed by atoms with van der Waals surface area (Å²) >= 11 is 0. The van der Waals surface area contributed by atoms with Gasteiger partial charge in [-0.3, -0.25) is 9.78 Å². The molecule has 0 atom stereocenters. The number of aryl methyl sites for hydroxylation is 1. The lowest BCUT2D eigenvalue weighted by Gasteiger charge is -2.06. The van der Waals surface area contributed by atoms with E-state index in [1.807, 2.05) is 6.92 Å². The predicted molar refractivity (Wildman–Crippen MR) is 45.5 cm³/mol. The van der Waals surface area contributed by atoms with E-state index in [-0.39, 0.29) is 5.78 Å². The number of hydrogen-bond acceptors (Lipinski definition) is 3. The molecular weight excluding hydrogens is 154 g/mol. The van der Waals surface area contributed by atoms with E-state index in [1.54, 1.807) is 12.4 Å². The van der Waals surface area contributed by atoms with Gasteiger partial charge in [0.15, 0.2) is 5.78 Å². The topological polar surface area (TPSA) is 39.2 Å². The number of Topliss-reactive ketones (excluding diaryl/α,β-unsaturated/α-hetero) is 1. The number of ether oxygens (including phenoxy) is 1. The van der Waals surface area contributed by atoms with E-state index >= 15 is 0 Å². The van der Waals surface area contributed by atoms with Crippen molar-refractivity contribution in [3.63, 3.8) is 0 Å². The zero-order chi connectivity index (χ0) is 9.14. The third-order valence-corrected chi connectivity index (χ3v) is 1.67. The van der Waals surface area contributed by atoms with Gasteiger partial charge in [0.05, 0.1) is 18.9 Å². The summed E-state index contributed by atoms with van der Waals surface area (Å²) in [6.07, 6.45) is 3.20. The van der Waals surface area contributed by atoms with Crippen LogP contribution >= 0.6 is 0 Å². The van der Waals surface area contributed by atoms with Crippen molar-refractivity contribution in [2.45, 2.75) is 13.8 Å². The van der Waals surface area contributed by atoms with Crippen LogP contribution in [0.2, 0.25) is 0 Å². The molecule has 0 saturated heterocycles. The summed E-state index contributed by atoms with van der Waals surface area (Å²) in [6.45, 7) is 3.36. The molecule has 3 heteroatoms. The summed E-state index contributed by atoms with van der Waals surface area (Å²) in [6, 6.07) is 0. The van der Waals surface area contributed by atoms with E-state index in [4.69, 9.17) is 4.74 Å². The molecule has 0 radical (unpaired) electrons. The lowest BCUT2D eigenvalue weighted by Crippen LogP contribution is -2.01. The highest BCUT2D eigenvalue weighted by molar-refractivity contribution is 5.98. The second-order valence-corrected chi connectivity index (χ2v) is 2.59. The normalized spacial score (nSPS) is 9.58. The summed E-state index contributed by atoms with van der Waals surface area (Å²) < 4.78 is 5.00. The van der Waals surface area contributed by atoms with Gasteiger partial charge in [-0.1, -0.05) is 0 Å². The van der Waals surface area contributed by atoms with Crippen LogP contribution in [0.3, 0.4) is 0 Å². The molecule has 1 aromatic rings. The highest BCUT2D eigenvalue weighted by Gasteiger charge is 2.10. The molecule has 0 amide bonds. The second kappa shape index (κ2) is 3.34. The Hall–Kier alpha value is -1.38. The smallest absolute Gasteiger partial charge is 0.163 e. The van der Waals surface area contributed by atoms with E-state index in [0.29, 0.717) is 11.3 Å². The van der Waals surface area contributed by atoms with Crippen molar-refractivity contribution in [3.8, 4) is 5.75 Å². The predicted octanol–water partition coefficient (Wildman–Crippen LogP) is 1.60. The van der Waals surface area contributed by atoms with Gasteiger partial charge in [-0.2, -0.15) is 0 Å². The largest absolute Gasteiger partial charge is 0.494 e. The Labute approximate surface area is 71.4 Å². The fraction of sp³-hybridized carbons (Fsp3) is 0.333. The fourth-order valence-electron chi connectivity index (χ4n) is 1.15. The number of rotatable bonds is 2. The Bertz CT molecular complexity index is 307. The lowest BCUT2D eigenvalue weighted by molar-refractivity contribution is 0.101. The maximum absolute atomic E-state index is 11.1. The van der Waals surface area contributed by atoms with Gasteiger partial charge in [-0.05, 0) is 19.4 Å². The second-order valence-electron chi connectivity index (χ2n) is 2.59. The molecule has 0 bridgehead atoms. The van der Waals surface area contributed by atoms with Gasteiger partial charge in [-0.25, -0.2) is 0 Å². The summed E-state index contributed by atoms with van der Waals surface area (Å²) in [4.78, 5) is 15.1. The Morgan fingerprint density at radius 3 is 2.58 bits per heavy atom. The van der Waals surface area contributed by atoms with Crippen molar-refractivity contribution < 1.29 is 9.53 Å². The molecule has 0 spiro atoms. The summed E-state index contributed by atoms with van der Waals surface area (Å²) in [5, 5.41) is 0. The zero-order valence-electron chi connectivity index (χ0n) is 7.42. The van der Waals surface area contributed by atoms with Crippen LogP contribution in [-0.4, -0.2) is 17.9 Å².